The Morgan fingerprint density at radius 1 is 1.53 bits per heavy atom. The van der Waals surface area contributed by atoms with Crippen LogP contribution in [0.25, 0.3) is 0 Å². The molecule has 1 aliphatic rings. The number of hydrogen-bond acceptors (Lipinski definition) is 4. The van der Waals surface area contributed by atoms with Crippen molar-refractivity contribution in [1.82, 2.24) is 10.2 Å². The van der Waals surface area contributed by atoms with E-state index in [1.54, 1.807) is 7.11 Å². The maximum absolute atomic E-state index is 12.0. The topological polar surface area (TPSA) is 61.8 Å². The van der Waals surface area contributed by atoms with Crippen molar-refractivity contribution in [1.29, 1.82) is 0 Å². The number of carbonyl (C=O) groups excluding carboxylic acids is 1. The van der Waals surface area contributed by atoms with Crippen LogP contribution in [0, 0.1) is 5.41 Å². The van der Waals surface area contributed by atoms with E-state index in [0.29, 0.717) is 19.7 Å². The van der Waals surface area contributed by atoms with Crippen LogP contribution in [0.1, 0.15) is 19.3 Å². The number of methoxy groups -OCH3 is 1. The SMILES string of the molecule is COCC1(C(=O)NC[C@@H](O)CN(C)C)CCC1. The van der Waals surface area contributed by atoms with E-state index in [2.05, 4.69) is 5.32 Å². The Kier molecular flexibility index (Phi) is 5.36. The smallest absolute Gasteiger partial charge is 0.228 e. The van der Waals surface area contributed by atoms with Crippen LogP contribution >= 0.6 is 0 Å². The summed E-state index contributed by atoms with van der Waals surface area (Å²) in [5, 5.41) is 12.5. The molecule has 0 saturated heterocycles. The first kappa shape index (κ1) is 14.4. The second-order valence-corrected chi connectivity index (χ2v) is 5.19. The van der Waals surface area contributed by atoms with E-state index in [4.69, 9.17) is 4.74 Å². The Labute approximate surface area is 103 Å². The fourth-order valence-electron chi connectivity index (χ4n) is 2.20. The molecule has 1 rings (SSSR count). The quantitative estimate of drug-likeness (QED) is 0.653. The Hall–Kier alpha value is -0.650. The lowest BCUT2D eigenvalue weighted by atomic mass is 9.68. The summed E-state index contributed by atoms with van der Waals surface area (Å²) in [5.74, 6) is 0.0170. The van der Waals surface area contributed by atoms with Crippen LogP contribution in [0.2, 0.25) is 0 Å². The summed E-state index contributed by atoms with van der Waals surface area (Å²) in [6.07, 6.45) is 2.33. The predicted molar refractivity (Wildman–Crippen MR) is 65.7 cm³/mol. The van der Waals surface area contributed by atoms with E-state index >= 15 is 0 Å². The van der Waals surface area contributed by atoms with Crippen molar-refractivity contribution in [3.8, 4) is 0 Å². The summed E-state index contributed by atoms with van der Waals surface area (Å²) in [6, 6.07) is 0. The minimum absolute atomic E-state index is 0.0170. The standard InChI is InChI=1S/C12H24N2O3/c1-14(2)8-10(15)7-13-11(16)12(9-17-3)5-4-6-12/h10,15H,4-9H2,1-3H3,(H,13,16)/t10-/m1/s1. The molecule has 0 aromatic rings. The Morgan fingerprint density at radius 3 is 2.59 bits per heavy atom. The van der Waals surface area contributed by atoms with Crippen molar-refractivity contribution in [2.45, 2.75) is 25.4 Å². The van der Waals surface area contributed by atoms with Crippen molar-refractivity contribution in [2.75, 3.05) is 40.9 Å². The minimum Gasteiger partial charge on any atom is -0.390 e. The number of nitrogens with zero attached hydrogens (tertiary/aromatic N) is 1. The third-order valence-corrected chi connectivity index (χ3v) is 3.29. The van der Waals surface area contributed by atoms with Gasteiger partial charge in [0.15, 0.2) is 0 Å². The van der Waals surface area contributed by atoms with E-state index in [-0.39, 0.29) is 11.3 Å². The number of aliphatic hydroxyl groups is 1. The molecule has 17 heavy (non-hydrogen) atoms. The second-order valence-electron chi connectivity index (χ2n) is 5.19. The first-order valence-electron chi connectivity index (χ1n) is 6.10. The van der Waals surface area contributed by atoms with Crippen molar-refractivity contribution in [2.24, 2.45) is 5.41 Å². The van der Waals surface area contributed by atoms with Crippen molar-refractivity contribution in [3.05, 3.63) is 0 Å². The van der Waals surface area contributed by atoms with E-state index in [9.17, 15) is 9.90 Å². The zero-order valence-electron chi connectivity index (χ0n) is 11.0. The van der Waals surface area contributed by atoms with Gasteiger partial charge in [0, 0.05) is 20.2 Å². The predicted octanol–water partition coefficient (Wildman–Crippen LogP) is -0.158. The number of likely N-dealkylation sites (N-methyl/N-ethyl adjacent to an activating group) is 1. The molecular formula is C12H24N2O3. The minimum atomic E-state index is -0.520. The van der Waals surface area contributed by atoms with Crippen LogP contribution in [0.3, 0.4) is 0 Å². The summed E-state index contributed by atoms with van der Waals surface area (Å²) in [5.41, 5.74) is -0.341. The van der Waals surface area contributed by atoms with Crippen molar-refractivity contribution >= 4 is 5.91 Å². The van der Waals surface area contributed by atoms with Crippen molar-refractivity contribution in [3.63, 3.8) is 0 Å². The van der Waals surface area contributed by atoms with Crippen LogP contribution in [-0.2, 0) is 9.53 Å². The molecule has 0 unspecified atom stereocenters. The molecule has 0 radical (unpaired) electrons. The summed E-state index contributed by atoms with van der Waals surface area (Å²) in [4.78, 5) is 13.9. The van der Waals surface area contributed by atoms with Crippen LogP contribution in [0.4, 0.5) is 0 Å². The fraction of sp³-hybridized carbons (Fsp3) is 0.917. The highest BCUT2D eigenvalue weighted by Crippen LogP contribution is 2.41. The van der Waals surface area contributed by atoms with Crippen LogP contribution in [0.5, 0.6) is 0 Å². The first-order chi connectivity index (χ1) is 8.00. The molecule has 1 atom stereocenters. The zero-order valence-corrected chi connectivity index (χ0v) is 11.0. The summed E-state index contributed by atoms with van der Waals surface area (Å²) < 4.78 is 5.11. The van der Waals surface area contributed by atoms with Gasteiger partial charge >= 0.3 is 0 Å². The molecular weight excluding hydrogens is 220 g/mol. The van der Waals surface area contributed by atoms with E-state index in [1.165, 1.54) is 0 Å². The zero-order chi connectivity index (χ0) is 12.9. The number of carbonyl (C=O) groups is 1. The molecule has 2 N–H and O–H groups in total. The maximum Gasteiger partial charge on any atom is 0.228 e. The highest BCUT2D eigenvalue weighted by Gasteiger charge is 2.44. The Bertz CT molecular complexity index is 252. The highest BCUT2D eigenvalue weighted by atomic mass is 16.5. The van der Waals surface area contributed by atoms with Gasteiger partial charge in [0.1, 0.15) is 0 Å². The van der Waals surface area contributed by atoms with Crippen LogP contribution in [-0.4, -0.2) is 62.9 Å². The Balaban J connectivity index is 2.33. The molecule has 1 fully saturated rings. The average molecular weight is 244 g/mol. The molecule has 0 aromatic carbocycles. The second kappa shape index (κ2) is 6.33. The van der Waals surface area contributed by atoms with Crippen molar-refractivity contribution < 1.29 is 14.6 Å². The lowest BCUT2D eigenvalue weighted by Gasteiger charge is -2.39. The van der Waals surface area contributed by atoms with Gasteiger partial charge in [-0.3, -0.25) is 4.79 Å². The molecule has 0 aromatic heterocycles. The number of aliphatic hydroxyl groups excluding tert-OH is 1. The van der Waals surface area contributed by atoms with Crippen LogP contribution < -0.4 is 5.32 Å². The third-order valence-electron chi connectivity index (χ3n) is 3.29. The molecule has 1 amide bonds. The summed E-state index contributed by atoms with van der Waals surface area (Å²) in [7, 11) is 5.40. The monoisotopic (exact) mass is 244 g/mol. The van der Waals surface area contributed by atoms with Gasteiger partial charge in [0.25, 0.3) is 0 Å². The number of hydrogen-bond donors (Lipinski definition) is 2. The first-order valence-corrected chi connectivity index (χ1v) is 6.10. The van der Waals surface area contributed by atoms with Gasteiger partial charge in [-0.15, -0.1) is 0 Å². The van der Waals surface area contributed by atoms with Gasteiger partial charge in [0.05, 0.1) is 18.1 Å². The lowest BCUT2D eigenvalue weighted by molar-refractivity contribution is -0.141. The molecule has 0 heterocycles. The van der Waals surface area contributed by atoms with Gasteiger partial charge < -0.3 is 20.1 Å². The summed E-state index contributed by atoms with van der Waals surface area (Å²) >= 11 is 0. The van der Waals surface area contributed by atoms with E-state index in [0.717, 1.165) is 19.3 Å². The van der Waals surface area contributed by atoms with Gasteiger partial charge in [-0.1, -0.05) is 6.42 Å². The molecule has 0 bridgehead atoms. The normalized spacial score (nSPS) is 19.8. The molecule has 0 spiro atoms. The molecule has 5 nitrogen and oxygen atoms in total. The summed E-state index contributed by atoms with van der Waals surface area (Å²) in [6.45, 7) is 1.34. The number of amides is 1. The van der Waals surface area contributed by atoms with Gasteiger partial charge in [-0.2, -0.15) is 0 Å². The number of ether oxygens (including phenoxy) is 1. The maximum atomic E-state index is 12.0. The van der Waals surface area contributed by atoms with Gasteiger partial charge in [-0.05, 0) is 26.9 Å². The largest absolute Gasteiger partial charge is 0.390 e. The van der Waals surface area contributed by atoms with Gasteiger partial charge in [-0.25, -0.2) is 0 Å². The highest BCUT2D eigenvalue weighted by molar-refractivity contribution is 5.83. The molecule has 0 aliphatic heterocycles. The lowest BCUT2D eigenvalue weighted by Crippen LogP contribution is -2.50. The average Bonchev–Trinajstić information content (AvgIpc) is 2.19. The third kappa shape index (κ3) is 3.94. The molecule has 5 heteroatoms. The van der Waals surface area contributed by atoms with Crippen LogP contribution in [0.15, 0.2) is 0 Å². The molecule has 100 valence electrons. The number of rotatable bonds is 7. The van der Waals surface area contributed by atoms with E-state index in [1.807, 2.05) is 19.0 Å². The van der Waals surface area contributed by atoms with Gasteiger partial charge in [0.2, 0.25) is 5.91 Å². The fourth-order valence-corrected chi connectivity index (χ4v) is 2.20. The molecule has 1 aliphatic carbocycles. The van der Waals surface area contributed by atoms with E-state index < -0.39 is 6.10 Å². The Morgan fingerprint density at radius 2 is 2.18 bits per heavy atom. The number of nitrogens with one attached hydrogen (secondary N) is 1. The molecule has 1 saturated carbocycles.